The summed E-state index contributed by atoms with van der Waals surface area (Å²) >= 11 is 7.51. The van der Waals surface area contributed by atoms with E-state index in [0.29, 0.717) is 31.0 Å². The molecule has 1 atom stereocenters. The third-order valence-corrected chi connectivity index (χ3v) is 10.1. The van der Waals surface area contributed by atoms with E-state index in [1.54, 1.807) is 0 Å². The van der Waals surface area contributed by atoms with Crippen molar-refractivity contribution in [2.45, 2.75) is 31.0 Å². The minimum absolute atomic E-state index is 0.0165. The molecule has 3 fully saturated rings. The summed E-state index contributed by atoms with van der Waals surface area (Å²) in [6, 6.07) is 28.1. The highest BCUT2D eigenvalue weighted by Crippen LogP contribution is 2.36. The van der Waals surface area contributed by atoms with Crippen LogP contribution in [0.1, 0.15) is 30.0 Å². The lowest BCUT2D eigenvalue weighted by Gasteiger charge is -2.45. The Morgan fingerprint density at radius 3 is 2.30 bits per heavy atom. The van der Waals surface area contributed by atoms with Gasteiger partial charge in [0.05, 0.1) is 25.8 Å². The van der Waals surface area contributed by atoms with Gasteiger partial charge in [0.25, 0.3) is 0 Å². The Labute approximate surface area is 269 Å². The van der Waals surface area contributed by atoms with Crippen LogP contribution >= 0.6 is 24.0 Å². The van der Waals surface area contributed by atoms with Gasteiger partial charge in [-0.2, -0.15) is 11.8 Å². The fourth-order valence-electron chi connectivity index (χ4n) is 6.25. The number of hydrogen-bond acceptors (Lipinski definition) is 6. The van der Waals surface area contributed by atoms with E-state index in [0.717, 1.165) is 60.3 Å². The normalized spacial score (nSPS) is 19.7. The van der Waals surface area contributed by atoms with Crippen molar-refractivity contribution in [3.8, 4) is 0 Å². The van der Waals surface area contributed by atoms with Crippen LogP contribution in [0, 0.1) is 0 Å². The average Bonchev–Trinajstić information content (AvgIpc) is 3.45. The molecule has 0 saturated carbocycles. The van der Waals surface area contributed by atoms with Crippen LogP contribution in [0.2, 0.25) is 0 Å². The molecule has 2 N–H and O–H groups in total. The van der Waals surface area contributed by atoms with E-state index in [4.69, 9.17) is 17.0 Å². The second-order valence-electron chi connectivity index (χ2n) is 11.5. The van der Waals surface area contributed by atoms with Gasteiger partial charge in [-0.3, -0.25) is 9.59 Å². The second-order valence-corrected chi connectivity index (χ2v) is 13.1. The van der Waals surface area contributed by atoms with Gasteiger partial charge in [0.15, 0.2) is 5.11 Å². The van der Waals surface area contributed by atoms with Crippen molar-refractivity contribution in [1.29, 1.82) is 0 Å². The molecule has 10 heteroatoms. The van der Waals surface area contributed by atoms with Gasteiger partial charge < -0.3 is 30.1 Å². The molecular weight excluding hydrogens is 591 g/mol. The van der Waals surface area contributed by atoms with Crippen LogP contribution in [0.4, 0.5) is 11.4 Å². The molecule has 1 unspecified atom stereocenters. The van der Waals surface area contributed by atoms with Crippen LogP contribution in [-0.4, -0.2) is 83.2 Å². The molecule has 0 aliphatic carbocycles. The lowest BCUT2D eigenvalue weighted by Crippen LogP contribution is -2.61. The summed E-state index contributed by atoms with van der Waals surface area (Å²) in [6.45, 7) is 4.20. The average molecular weight is 630 g/mol. The van der Waals surface area contributed by atoms with Crippen LogP contribution in [-0.2, 0) is 20.9 Å². The maximum Gasteiger partial charge on any atom is 0.250 e. The molecule has 44 heavy (non-hydrogen) atoms. The predicted molar refractivity (Wildman–Crippen MR) is 181 cm³/mol. The SMILES string of the molecule is O=C(CN1CC(c2ccccc2)NC1=S)N(Cc1ccccc1)C1(C(=O)Nc2ccc(N3CCOCC3)cc2)CCSCC1. The number of morpholine rings is 1. The Morgan fingerprint density at radius 1 is 0.955 bits per heavy atom. The molecule has 0 spiro atoms. The summed E-state index contributed by atoms with van der Waals surface area (Å²) in [5.41, 5.74) is 2.98. The van der Waals surface area contributed by atoms with Gasteiger partial charge in [0.1, 0.15) is 5.54 Å². The number of benzene rings is 3. The minimum atomic E-state index is -0.978. The monoisotopic (exact) mass is 629 g/mol. The molecule has 230 valence electrons. The van der Waals surface area contributed by atoms with E-state index >= 15 is 0 Å². The standard InChI is InChI=1S/C34H39N5O3S2/c40-31(25-38-24-30(36-33(38)43)27-9-5-2-6-10-27)39(23-26-7-3-1-4-8-26)34(15-21-44-22-16-34)32(41)35-28-11-13-29(14-12-28)37-17-19-42-20-18-37/h1-14,30H,15-25H2,(H,35,41)(H,36,43). The summed E-state index contributed by atoms with van der Waals surface area (Å²) in [7, 11) is 0. The number of thioether (sulfide) groups is 1. The Hall–Kier alpha value is -3.60. The summed E-state index contributed by atoms with van der Waals surface area (Å²) in [4.78, 5) is 34.8. The number of ether oxygens (including phenoxy) is 1. The lowest BCUT2D eigenvalue weighted by atomic mass is 9.87. The third-order valence-electron chi connectivity index (χ3n) is 8.76. The Bertz CT molecular complexity index is 1430. The van der Waals surface area contributed by atoms with E-state index < -0.39 is 5.54 Å². The number of anilines is 2. The zero-order valence-electron chi connectivity index (χ0n) is 24.8. The lowest BCUT2D eigenvalue weighted by molar-refractivity contribution is -0.147. The predicted octanol–water partition coefficient (Wildman–Crippen LogP) is 4.69. The first kappa shape index (κ1) is 30.4. The Morgan fingerprint density at radius 2 is 1.61 bits per heavy atom. The molecule has 6 rings (SSSR count). The molecule has 3 aliphatic heterocycles. The summed E-state index contributed by atoms with van der Waals surface area (Å²) in [5.74, 6) is 1.38. The number of carbonyl (C=O) groups is 2. The topological polar surface area (TPSA) is 77.2 Å². The summed E-state index contributed by atoms with van der Waals surface area (Å²) < 4.78 is 5.49. The molecule has 3 aromatic carbocycles. The van der Waals surface area contributed by atoms with Crippen molar-refractivity contribution in [2.24, 2.45) is 0 Å². The van der Waals surface area contributed by atoms with Crippen molar-refractivity contribution in [1.82, 2.24) is 15.1 Å². The molecule has 3 saturated heterocycles. The fourth-order valence-corrected chi connectivity index (χ4v) is 7.70. The Balaban J connectivity index is 1.24. The molecule has 8 nitrogen and oxygen atoms in total. The van der Waals surface area contributed by atoms with E-state index in [9.17, 15) is 9.59 Å². The third kappa shape index (κ3) is 6.87. The number of nitrogens with one attached hydrogen (secondary N) is 2. The van der Waals surface area contributed by atoms with Gasteiger partial charge in [0, 0.05) is 37.6 Å². The van der Waals surface area contributed by atoms with Gasteiger partial charge in [-0.1, -0.05) is 60.7 Å². The zero-order chi connectivity index (χ0) is 30.4. The molecule has 2 amide bonds. The Kier molecular flexibility index (Phi) is 9.69. The number of rotatable bonds is 9. The van der Waals surface area contributed by atoms with Gasteiger partial charge in [-0.15, -0.1) is 0 Å². The number of amides is 2. The van der Waals surface area contributed by atoms with Crippen molar-refractivity contribution in [3.05, 3.63) is 96.1 Å². The van der Waals surface area contributed by atoms with Gasteiger partial charge in [-0.25, -0.2) is 0 Å². The molecule has 3 aromatic rings. The van der Waals surface area contributed by atoms with Crippen LogP contribution < -0.4 is 15.5 Å². The zero-order valence-corrected chi connectivity index (χ0v) is 26.5. The first-order valence-electron chi connectivity index (χ1n) is 15.3. The first-order valence-corrected chi connectivity index (χ1v) is 16.8. The van der Waals surface area contributed by atoms with Gasteiger partial charge in [-0.05, 0) is 72.0 Å². The van der Waals surface area contributed by atoms with Crippen molar-refractivity contribution < 1.29 is 14.3 Å². The molecule has 0 bridgehead atoms. The maximum atomic E-state index is 14.4. The van der Waals surface area contributed by atoms with Crippen LogP contribution in [0.15, 0.2) is 84.9 Å². The maximum absolute atomic E-state index is 14.4. The van der Waals surface area contributed by atoms with Crippen LogP contribution in [0.5, 0.6) is 0 Å². The highest BCUT2D eigenvalue weighted by atomic mass is 32.2. The van der Waals surface area contributed by atoms with Crippen molar-refractivity contribution in [2.75, 3.05) is 61.1 Å². The van der Waals surface area contributed by atoms with Crippen LogP contribution in [0.25, 0.3) is 0 Å². The van der Waals surface area contributed by atoms with Crippen LogP contribution in [0.3, 0.4) is 0 Å². The smallest absolute Gasteiger partial charge is 0.250 e. The molecule has 0 aromatic heterocycles. The minimum Gasteiger partial charge on any atom is -0.378 e. The first-order chi connectivity index (χ1) is 21.5. The number of carbonyl (C=O) groups excluding carboxylic acids is 2. The highest BCUT2D eigenvalue weighted by Gasteiger charge is 2.48. The van der Waals surface area contributed by atoms with Crippen molar-refractivity contribution >= 4 is 52.3 Å². The number of nitrogens with zero attached hydrogens (tertiary/aromatic N) is 3. The summed E-state index contributed by atoms with van der Waals surface area (Å²) in [5, 5.41) is 7.14. The fraction of sp³-hybridized carbons (Fsp3) is 0.382. The molecular formula is C34H39N5O3S2. The molecule has 3 heterocycles. The quantitative estimate of drug-likeness (QED) is 0.331. The van der Waals surface area contributed by atoms with Gasteiger partial charge in [0.2, 0.25) is 11.8 Å². The highest BCUT2D eigenvalue weighted by molar-refractivity contribution is 7.99. The molecule has 0 radical (unpaired) electrons. The van der Waals surface area contributed by atoms with E-state index in [1.807, 2.05) is 94.4 Å². The largest absolute Gasteiger partial charge is 0.378 e. The van der Waals surface area contributed by atoms with E-state index in [1.165, 1.54) is 0 Å². The molecule has 3 aliphatic rings. The van der Waals surface area contributed by atoms with Gasteiger partial charge >= 0.3 is 0 Å². The second kappa shape index (κ2) is 14.0. The summed E-state index contributed by atoms with van der Waals surface area (Å²) in [6.07, 6.45) is 1.17. The van der Waals surface area contributed by atoms with E-state index in [2.05, 4.69) is 27.7 Å². The number of hydrogen-bond donors (Lipinski definition) is 2. The van der Waals surface area contributed by atoms with E-state index in [-0.39, 0.29) is 24.4 Å². The number of thiocarbonyl (C=S) groups is 1. The van der Waals surface area contributed by atoms with Crippen molar-refractivity contribution in [3.63, 3.8) is 0 Å².